The Balaban J connectivity index is 0.000000561. The highest BCUT2D eigenvalue weighted by atomic mass is 19.1. The number of likely N-dealkylation sites (N-methyl/N-ethyl adjacent to an activating group) is 1. The van der Waals surface area contributed by atoms with Crippen LogP contribution in [0.25, 0.3) is 0 Å². The topological polar surface area (TPSA) is 12.5 Å². The molecule has 1 saturated heterocycles. The molecule has 0 aromatic heterocycles. The van der Waals surface area contributed by atoms with Crippen molar-refractivity contribution in [1.82, 2.24) is 4.90 Å². The van der Waals surface area contributed by atoms with Crippen LogP contribution in [0.1, 0.15) is 20.8 Å². The average Bonchev–Trinajstić information content (AvgIpc) is 2.14. The van der Waals surface area contributed by atoms with E-state index in [2.05, 4.69) is 0 Å². The molecule has 0 aromatic carbocycles. The molecule has 1 aliphatic heterocycles. The lowest BCUT2D eigenvalue weighted by molar-refractivity contribution is 0.0472. The minimum Gasteiger partial charge on any atom is -0.377 e. The van der Waals surface area contributed by atoms with E-state index in [9.17, 15) is 4.39 Å². The van der Waals surface area contributed by atoms with Crippen molar-refractivity contribution in [2.24, 2.45) is 0 Å². The van der Waals surface area contributed by atoms with Gasteiger partial charge in [-0.25, -0.2) is 4.39 Å². The summed E-state index contributed by atoms with van der Waals surface area (Å²) in [6.45, 7) is 7.77. The quantitative estimate of drug-likeness (QED) is 0.558. The number of nitrogens with zero attached hydrogens (tertiary/aromatic N) is 1. The number of hydrogen-bond acceptors (Lipinski definition) is 2. The molecule has 0 spiro atoms. The molecule has 0 N–H and O–H groups in total. The van der Waals surface area contributed by atoms with Crippen LogP contribution in [0.2, 0.25) is 0 Å². The Bertz CT molecular complexity index is 117. The molecule has 0 aromatic rings. The molecule has 0 radical (unpaired) electrons. The van der Waals surface area contributed by atoms with Crippen LogP contribution >= 0.6 is 0 Å². The van der Waals surface area contributed by atoms with Crippen molar-refractivity contribution in [3.63, 3.8) is 0 Å². The van der Waals surface area contributed by atoms with Gasteiger partial charge in [0.25, 0.3) is 0 Å². The summed E-state index contributed by atoms with van der Waals surface area (Å²) in [6.07, 6.45) is 0. The summed E-state index contributed by atoms with van der Waals surface area (Å²) in [5, 5.41) is 0. The summed E-state index contributed by atoms with van der Waals surface area (Å²) in [4.78, 5) is 1.95. The molecule has 0 amide bonds. The first-order chi connectivity index (χ1) is 5.60. The smallest absolute Gasteiger partial charge is 0.144 e. The van der Waals surface area contributed by atoms with Gasteiger partial charge in [-0.15, -0.1) is 0 Å². The third-order valence-corrected chi connectivity index (χ3v) is 1.62. The van der Waals surface area contributed by atoms with Gasteiger partial charge in [0.1, 0.15) is 5.67 Å². The molecule has 1 heterocycles. The molecular formula is C9H20FNO. The fourth-order valence-corrected chi connectivity index (χ4v) is 1.19. The summed E-state index contributed by atoms with van der Waals surface area (Å²) in [7, 11) is 1.91. The molecule has 1 fully saturated rings. The van der Waals surface area contributed by atoms with Crippen molar-refractivity contribution in [1.29, 1.82) is 0 Å². The van der Waals surface area contributed by atoms with Gasteiger partial charge in [-0.05, 0) is 14.0 Å². The van der Waals surface area contributed by atoms with E-state index >= 15 is 0 Å². The van der Waals surface area contributed by atoms with E-state index in [0.717, 1.165) is 6.54 Å². The zero-order chi connectivity index (χ0) is 9.61. The number of alkyl halides is 1. The molecule has 74 valence electrons. The molecule has 1 unspecified atom stereocenters. The maximum absolute atomic E-state index is 13.2. The average molecular weight is 177 g/mol. The summed E-state index contributed by atoms with van der Waals surface area (Å²) in [5.74, 6) is 0. The molecule has 3 heteroatoms. The van der Waals surface area contributed by atoms with Gasteiger partial charge in [-0.2, -0.15) is 0 Å². The molecule has 0 aliphatic carbocycles. The van der Waals surface area contributed by atoms with E-state index in [0.29, 0.717) is 13.2 Å². The second-order valence-corrected chi connectivity index (χ2v) is 3.20. The lowest BCUT2D eigenvalue weighted by atomic mass is 10.1. The van der Waals surface area contributed by atoms with Crippen LogP contribution in [-0.2, 0) is 4.74 Å². The normalized spacial score (nSPS) is 31.8. The van der Waals surface area contributed by atoms with Crippen molar-refractivity contribution >= 4 is 0 Å². The van der Waals surface area contributed by atoms with Gasteiger partial charge in [-0.1, -0.05) is 13.8 Å². The van der Waals surface area contributed by atoms with Crippen molar-refractivity contribution in [3.8, 4) is 0 Å². The van der Waals surface area contributed by atoms with E-state index in [4.69, 9.17) is 4.74 Å². The van der Waals surface area contributed by atoms with Gasteiger partial charge in [0, 0.05) is 13.1 Å². The summed E-state index contributed by atoms with van der Waals surface area (Å²) in [6, 6.07) is 0. The molecule has 0 bridgehead atoms. The number of rotatable bonds is 0. The first-order valence-electron chi connectivity index (χ1n) is 4.55. The fourth-order valence-electron chi connectivity index (χ4n) is 1.19. The predicted molar refractivity (Wildman–Crippen MR) is 49.2 cm³/mol. The lowest BCUT2D eigenvalue weighted by Gasteiger charge is -2.21. The molecule has 1 rings (SSSR count). The largest absolute Gasteiger partial charge is 0.377 e. The van der Waals surface area contributed by atoms with Gasteiger partial charge in [0.05, 0.1) is 13.2 Å². The second-order valence-electron chi connectivity index (χ2n) is 3.20. The van der Waals surface area contributed by atoms with Crippen molar-refractivity contribution in [2.45, 2.75) is 26.4 Å². The van der Waals surface area contributed by atoms with Crippen molar-refractivity contribution in [3.05, 3.63) is 0 Å². The minimum absolute atomic E-state index is 0.233. The van der Waals surface area contributed by atoms with Gasteiger partial charge in [0.2, 0.25) is 0 Å². The van der Waals surface area contributed by atoms with Crippen LogP contribution in [0.4, 0.5) is 4.39 Å². The third kappa shape index (κ3) is 4.67. The Kier molecular flexibility index (Phi) is 5.42. The monoisotopic (exact) mass is 177 g/mol. The van der Waals surface area contributed by atoms with Crippen molar-refractivity contribution in [2.75, 3.05) is 33.4 Å². The lowest BCUT2D eigenvalue weighted by Crippen LogP contribution is -2.35. The maximum Gasteiger partial charge on any atom is 0.144 e. The van der Waals surface area contributed by atoms with Crippen LogP contribution < -0.4 is 0 Å². The summed E-state index contributed by atoms with van der Waals surface area (Å²) in [5.41, 5.74) is -1.16. The maximum atomic E-state index is 13.2. The second kappa shape index (κ2) is 5.49. The van der Waals surface area contributed by atoms with Crippen LogP contribution in [0.5, 0.6) is 0 Å². The number of ether oxygens (including phenoxy) is 1. The highest BCUT2D eigenvalue weighted by Gasteiger charge is 2.27. The summed E-state index contributed by atoms with van der Waals surface area (Å²) >= 11 is 0. The zero-order valence-electron chi connectivity index (χ0n) is 8.56. The molecular weight excluding hydrogens is 157 g/mol. The molecule has 2 nitrogen and oxygen atoms in total. The van der Waals surface area contributed by atoms with Crippen LogP contribution in [0.15, 0.2) is 0 Å². The molecule has 1 aliphatic rings. The third-order valence-electron chi connectivity index (χ3n) is 1.62. The van der Waals surface area contributed by atoms with Crippen LogP contribution in [-0.4, -0.2) is 43.9 Å². The Morgan fingerprint density at radius 2 is 2.00 bits per heavy atom. The Morgan fingerprint density at radius 3 is 2.58 bits per heavy atom. The van der Waals surface area contributed by atoms with Gasteiger partial charge in [-0.3, -0.25) is 0 Å². The Morgan fingerprint density at radius 1 is 1.42 bits per heavy atom. The van der Waals surface area contributed by atoms with Gasteiger partial charge < -0.3 is 9.64 Å². The molecule has 1 atom stereocenters. The van der Waals surface area contributed by atoms with E-state index < -0.39 is 5.67 Å². The van der Waals surface area contributed by atoms with E-state index in [1.54, 1.807) is 6.92 Å². The first kappa shape index (κ1) is 11.8. The van der Waals surface area contributed by atoms with E-state index in [-0.39, 0.29) is 6.61 Å². The highest BCUT2D eigenvalue weighted by Crippen LogP contribution is 2.14. The van der Waals surface area contributed by atoms with Crippen LogP contribution in [0.3, 0.4) is 0 Å². The summed E-state index contributed by atoms with van der Waals surface area (Å²) < 4.78 is 18.3. The van der Waals surface area contributed by atoms with Crippen LogP contribution in [0, 0.1) is 0 Å². The Hall–Kier alpha value is -0.150. The first-order valence-corrected chi connectivity index (χ1v) is 4.55. The van der Waals surface area contributed by atoms with Gasteiger partial charge in [0.15, 0.2) is 0 Å². The predicted octanol–water partition coefficient (Wildman–Crippen LogP) is 1.70. The highest BCUT2D eigenvalue weighted by molar-refractivity contribution is 4.78. The fraction of sp³-hybridized carbons (Fsp3) is 1.00. The molecule has 0 saturated carbocycles. The SMILES string of the molecule is CC.CN1CCOCC(C)(F)C1. The van der Waals surface area contributed by atoms with E-state index in [1.807, 2.05) is 25.8 Å². The van der Waals surface area contributed by atoms with Crippen molar-refractivity contribution < 1.29 is 9.13 Å². The van der Waals surface area contributed by atoms with Gasteiger partial charge >= 0.3 is 0 Å². The number of hydrogen-bond donors (Lipinski definition) is 0. The zero-order valence-corrected chi connectivity index (χ0v) is 8.56. The number of halogens is 1. The minimum atomic E-state index is -1.16. The molecule has 12 heavy (non-hydrogen) atoms. The Labute approximate surface area is 74.7 Å². The van der Waals surface area contributed by atoms with E-state index in [1.165, 1.54) is 0 Å². The standard InChI is InChI=1S/C7H14FNO.C2H6/c1-7(8)5-9(2)3-4-10-6-7;1-2/h3-6H2,1-2H3;1-2H3.